The molecule has 0 spiro atoms. The first-order chi connectivity index (χ1) is 23.9. The molecule has 0 atom stereocenters. The quantitative estimate of drug-likeness (QED) is 0.191. The van der Waals surface area contributed by atoms with Crippen molar-refractivity contribution in [3.63, 3.8) is 0 Å². The molecule has 4 rings (SSSR count). The van der Waals surface area contributed by atoms with Gasteiger partial charge in [-0.2, -0.15) is 4.90 Å². The smallest absolute Gasteiger partial charge is 0.425 e. The van der Waals surface area contributed by atoms with Crippen LogP contribution in [0.1, 0.15) is 63.7 Å². The molecule has 0 saturated carbocycles. The molecule has 1 N–H and O–H groups in total. The van der Waals surface area contributed by atoms with Crippen molar-refractivity contribution >= 4 is 33.9 Å². The first kappa shape index (κ1) is 34.5. The van der Waals surface area contributed by atoms with Gasteiger partial charge in [0.2, 0.25) is 0 Å². The van der Waals surface area contributed by atoms with Crippen molar-refractivity contribution in [1.29, 1.82) is 0 Å². The molecule has 0 radical (unpaired) electrons. The van der Waals surface area contributed by atoms with Crippen LogP contribution in [-0.4, -0.2) is 75.3 Å². The van der Waals surface area contributed by atoms with Crippen LogP contribution in [0.5, 0.6) is 0 Å². The highest BCUT2D eigenvalue weighted by Crippen LogP contribution is 2.35. The zero-order valence-electron chi connectivity index (χ0n) is 31.2. The number of amides is 3. The number of rotatable bonds is 8. The van der Waals surface area contributed by atoms with Crippen LogP contribution in [0, 0.1) is 0 Å². The first-order valence-electron chi connectivity index (χ1n) is 16.4. The minimum Gasteiger partial charge on any atom is -0.465 e. The predicted molar refractivity (Wildman–Crippen MR) is 185 cm³/mol. The van der Waals surface area contributed by atoms with E-state index in [1.54, 1.807) is 67.5 Å². The Morgan fingerprint density at radius 1 is 0.900 bits per heavy atom. The number of ether oxygens (including phenoxy) is 2. The molecule has 0 aliphatic rings. The summed E-state index contributed by atoms with van der Waals surface area (Å²) in [4.78, 5) is 49.0. The normalized spacial score (nSPS) is 12.9. The van der Waals surface area contributed by atoms with Gasteiger partial charge < -0.3 is 24.0 Å². The summed E-state index contributed by atoms with van der Waals surface area (Å²) >= 11 is 0. The standard InChI is InChI=1S/C35H41N5O9S/c1-21(2)50(45,46)25-16-14-24(15-17-25)27-19-36-30(40(32(43)47-34(3,4)5)33(44)48-35(6,7)8)29(37-27)28-18-26(38-49-28)23-12-10-22(11-13-23)20-39(9)31(41)42/h10-19,21H,20H2,1-9H3,(H,41,42)/i20D2. The highest BCUT2D eigenvalue weighted by Gasteiger charge is 2.37. The molecule has 0 fully saturated rings. The first-order valence-corrected chi connectivity index (χ1v) is 17.0. The van der Waals surface area contributed by atoms with E-state index < -0.39 is 51.1 Å². The van der Waals surface area contributed by atoms with Gasteiger partial charge in [0.25, 0.3) is 0 Å². The summed E-state index contributed by atoms with van der Waals surface area (Å²) < 4.78 is 58.7. The van der Waals surface area contributed by atoms with E-state index in [9.17, 15) is 27.9 Å². The molecule has 0 aliphatic heterocycles. The Labute approximate surface area is 293 Å². The largest absolute Gasteiger partial charge is 0.465 e. The Morgan fingerprint density at radius 3 is 1.92 bits per heavy atom. The van der Waals surface area contributed by atoms with Crippen LogP contribution in [0.3, 0.4) is 0 Å². The Morgan fingerprint density at radius 2 is 1.42 bits per heavy atom. The van der Waals surface area contributed by atoms with E-state index in [1.807, 2.05) is 0 Å². The van der Waals surface area contributed by atoms with Gasteiger partial charge in [-0.3, -0.25) is 0 Å². The van der Waals surface area contributed by atoms with Crippen LogP contribution >= 0.6 is 0 Å². The number of nitrogens with zero attached hydrogens (tertiary/aromatic N) is 5. The van der Waals surface area contributed by atoms with Crippen LogP contribution in [0.15, 0.2) is 70.2 Å². The highest BCUT2D eigenvalue weighted by molar-refractivity contribution is 7.92. The lowest BCUT2D eigenvalue weighted by molar-refractivity contribution is 0.0428. The average Bonchev–Trinajstić information content (AvgIpc) is 3.53. The van der Waals surface area contributed by atoms with E-state index in [-0.39, 0.29) is 39.1 Å². The molecule has 2 aromatic heterocycles. The van der Waals surface area contributed by atoms with E-state index in [1.165, 1.54) is 48.7 Å². The SMILES string of the molecule is [2H]C([2H])(c1ccc(-c2cc(-c3nc(-c4ccc(S(=O)(=O)C(C)C)cc4)cnc3N(C(=O)OC(C)(C)C)C(=O)OC(C)(C)C)on2)cc1)N(C)C(=O)O. The molecular weight excluding hydrogens is 666 g/mol. The van der Waals surface area contributed by atoms with Crippen molar-refractivity contribution in [2.75, 3.05) is 11.9 Å². The van der Waals surface area contributed by atoms with Gasteiger partial charge in [0, 0.05) is 30.7 Å². The molecule has 2 aromatic carbocycles. The molecule has 2 heterocycles. The van der Waals surface area contributed by atoms with Crippen LogP contribution in [0.2, 0.25) is 0 Å². The number of hydrogen-bond acceptors (Lipinski definition) is 11. The van der Waals surface area contributed by atoms with Gasteiger partial charge in [-0.1, -0.05) is 41.6 Å². The third-order valence-corrected chi connectivity index (χ3v) is 8.89. The van der Waals surface area contributed by atoms with E-state index in [2.05, 4.69) is 10.1 Å². The Bertz CT molecular complexity index is 2040. The molecule has 3 amide bonds. The minimum atomic E-state index is -3.55. The molecule has 0 unspecified atom stereocenters. The maximum Gasteiger partial charge on any atom is 0.425 e. The fourth-order valence-electron chi connectivity index (χ4n) is 4.28. The summed E-state index contributed by atoms with van der Waals surface area (Å²) in [5.74, 6) is -0.352. The van der Waals surface area contributed by atoms with E-state index in [0.717, 1.165) is 7.05 Å². The third-order valence-electron chi connectivity index (χ3n) is 6.72. The maximum absolute atomic E-state index is 13.6. The van der Waals surface area contributed by atoms with Crippen LogP contribution < -0.4 is 4.90 Å². The summed E-state index contributed by atoms with van der Waals surface area (Å²) in [6.45, 7) is 10.6. The van der Waals surface area contributed by atoms with Gasteiger partial charge in [0.15, 0.2) is 27.1 Å². The average molecular weight is 710 g/mol. The summed E-state index contributed by atoms with van der Waals surface area (Å²) in [6, 6.07) is 13.3. The number of carbonyl (C=O) groups is 3. The predicted octanol–water partition coefficient (Wildman–Crippen LogP) is 7.43. The zero-order chi connectivity index (χ0) is 39.0. The molecule has 0 bridgehead atoms. The molecule has 266 valence electrons. The Kier molecular flexibility index (Phi) is 9.86. The third kappa shape index (κ3) is 9.02. The van der Waals surface area contributed by atoms with Crippen molar-refractivity contribution in [1.82, 2.24) is 20.0 Å². The lowest BCUT2D eigenvalue weighted by Crippen LogP contribution is -2.44. The van der Waals surface area contributed by atoms with E-state index >= 15 is 0 Å². The second kappa shape index (κ2) is 14.3. The number of sulfone groups is 1. The topological polar surface area (TPSA) is 182 Å². The van der Waals surface area contributed by atoms with Gasteiger partial charge in [-0.05, 0) is 73.1 Å². The van der Waals surface area contributed by atoms with Gasteiger partial charge in [-0.25, -0.2) is 32.8 Å². The number of carboxylic acid groups (broad SMARTS) is 1. The number of hydrogen-bond donors (Lipinski definition) is 1. The van der Waals surface area contributed by atoms with Crippen LogP contribution in [0.25, 0.3) is 34.0 Å². The molecule has 0 saturated heterocycles. The maximum atomic E-state index is 13.6. The number of carbonyl (C=O) groups excluding carboxylic acids is 2. The summed E-state index contributed by atoms with van der Waals surface area (Å²) in [5, 5.41) is 12.8. The van der Waals surface area contributed by atoms with Crippen molar-refractivity contribution in [3.8, 4) is 34.0 Å². The van der Waals surface area contributed by atoms with E-state index in [0.29, 0.717) is 20.9 Å². The molecule has 4 aromatic rings. The molecule has 50 heavy (non-hydrogen) atoms. The lowest BCUT2D eigenvalue weighted by Gasteiger charge is -2.28. The van der Waals surface area contributed by atoms with Crippen molar-refractivity contribution in [3.05, 3.63) is 66.4 Å². The monoisotopic (exact) mass is 709 g/mol. The molecule has 14 nitrogen and oxygen atoms in total. The van der Waals surface area contributed by atoms with Gasteiger partial charge in [-0.15, -0.1) is 0 Å². The van der Waals surface area contributed by atoms with Gasteiger partial charge >= 0.3 is 18.3 Å². The molecule has 0 aliphatic carbocycles. The van der Waals surface area contributed by atoms with Crippen molar-refractivity contribution in [2.24, 2.45) is 0 Å². The second-order valence-corrected chi connectivity index (χ2v) is 16.0. The Balaban J connectivity index is 1.88. The second-order valence-electron chi connectivity index (χ2n) is 13.4. The molecular formula is C35H41N5O9S. The van der Waals surface area contributed by atoms with Crippen LogP contribution in [0.4, 0.5) is 20.2 Å². The highest BCUT2D eigenvalue weighted by atomic mass is 32.2. The lowest BCUT2D eigenvalue weighted by atomic mass is 10.1. The number of aromatic nitrogens is 3. The fourth-order valence-corrected chi connectivity index (χ4v) is 5.34. The van der Waals surface area contributed by atoms with Crippen LogP contribution in [-0.2, 0) is 25.8 Å². The minimum absolute atomic E-state index is 0.0412. The summed E-state index contributed by atoms with van der Waals surface area (Å²) in [6.07, 6.45) is -2.36. The van der Waals surface area contributed by atoms with E-state index in [4.69, 9.17) is 21.7 Å². The number of imide groups is 1. The fraction of sp³-hybridized carbons (Fsp3) is 0.371. The summed E-state index contributed by atoms with van der Waals surface area (Å²) in [7, 11) is -2.44. The zero-order valence-corrected chi connectivity index (χ0v) is 30.0. The van der Waals surface area contributed by atoms with Crippen molar-refractivity contribution in [2.45, 2.75) is 83.2 Å². The van der Waals surface area contributed by atoms with Gasteiger partial charge in [0.05, 0.1) is 24.8 Å². The number of benzene rings is 2. The molecule has 15 heteroatoms. The number of anilines is 1. The van der Waals surface area contributed by atoms with Gasteiger partial charge in [0.1, 0.15) is 16.9 Å². The van der Waals surface area contributed by atoms with Crippen molar-refractivity contribution < 1.29 is 44.6 Å². The Hall–Kier alpha value is -5.31. The summed E-state index contributed by atoms with van der Waals surface area (Å²) in [5.41, 5.74) is -0.709.